The van der Waals surface area contributed by atoms with Crippen LogP contribution in [0.5, 0.6) is 0 Å². The molecule has 2 aromatic rings. The van der Waals surface area contributed by atoms with E-state index in [-0.39, 0.29) is 18.5 Å². The molecule has 0 bridgehead atoms. The normalized spacial score (nSPS) is 12.0. The Morgan fingerprint density at radius 3 is 2.65 bits per heavy atom. The molecule has 1 amide bonds. The van der Waals surface area contributed by atoms with Gasteiger partial charge in [-0.05, 0) is 42.3 Å². The van der Waals surface area contributed by atoms with Crippen LogP contribution in [0.15, 0.2) is 42.5 Å². The topological polar surface area (TPSA) is 41.1 Å². The Labute approximate surface area is 138 Å². The molecule has 0 aromatic heterocycles. The van der Waals surface area contributed by atoms with Crippen LogP contribution in [-0.4, -0.2) is 12.5 Å². The minimum absolute atomic E-state index is 0.0702. The quantitative estimate of drug-likeness (QED) is 0.845. The number of carbonyl (C=O) groups is 1. The van der Waals surface area contributed by atoms with Gasteiger partial charge in [-0.15, -0.1) is 0 Å². The lowest BCUT2D eigenvalue weighted by molar-refractivity contribution is -0.120. The molecular weight excluding hydrogens is 322 g/mol. The Hall–Kier alpha value is -1.98. The van der Waals surface area contributed by atoms with E-state index < -0.39 is 11.6 Å². The van der Waals surface area contributed by atoms with Crippen molar-refractivity contribution in [3.05, 3.63) is 70.2 Å². The van der Waals surface area contributed by atoms with E-state index in [2.05, 4.69) is 10.6 Å². The van der Waals surface area contributed by atoms with Gasteiger partial charge in [-0.2, -0.15) is 0 Å². The first kappa shape index (κ1) is 17.4. The van der Waals surface area contributed by atoms with Gasteiger partial charge >= 0.3 is 0 Å². The lowest BCUT2D eigenvalue weighted by Gasteiger charge is -2.14. The fourth-order valence-corrected chi connectivity index (χ4v) is 2.27. The first-order valence-electron chi connectivity index (χ1n) is 7.15. The SMILES string of the molecule is C[C@@H](NCC(=O)NCc1cccc(Cl)c1)c1ccc(F)c(F)c1. The second kappa shape index (κ2) is 8.04. The molecule has 0 saturated heterocycles. The van der Waals surface area contributed by atoms with Gasteiger partial charge in [-0.1, -0.05) is 29.8 Å². The predicted molar refractivity (Wildman–Crippen MR) is 86.1 cm³/mol. The van der Waals surface area contributed by atoms with Crippen molar-refractivity contribution in [2.45, 2.75) is 19.5 Å². The van der Waals surface area contributed by atoms with Crippen molar-refractivity contribution < 1.29 is 13.6 Å². The van der Waals surface area contributed by atoms with E-state index in [1.54, 1.807) is 19.1 Å². The first-order valence-corrected chi connectivity index (χ1v) is 7.53. The summed E-state index contributed by atoms with van der Waals surface area (Å²) in [5.74, 6) is -1.99. The van der Waals surface area contributed by atoms with E-state index in [0.29, 0.717) is 17.1 Å². The molecule has 0 aliphatic heterocycles. The molecule has 2 rings (SSSR count). The zero-order valence-corrected chi connectivity index (χ0v) is 13.3. The maximum absolute atomic E-state index is 13.2. The number of rotatable bonds is 6. The highest BCUT2D eigenvalue weighted by Gasteiger charge is 2.10. The number of amides is 1. The van der Waals surface area contributed by atoms with E-state index in [4.69, 9.17) is 11.6 Å². The summed E-state index contributed by atoms with van der Waals surface area (Å²) in [7, 11) is 0. The molecule has 1 atom stereocenters. The van der Waals surface area contributed by atoms with E-state index >= 15 is 0 Å². The van der Waals surface area contributed by atoms with Gasteiger partial charge in [0.1, 0.15) is 0 Å². The van der Waals surface area contributed by atoms with E-state index in [0.717, 1.165) is 17.7 Å². The summed E-state index contributed by atoms with van der Waals surface area (Å²) in [6, 6.07) is 10.6. The van der Waals surface area contributed by atoms with Crippen molar-refractivity contribution in [1.82, 2.24) is 10.6 Å². The maximum atomic E-state index is 13.2. The molecule has 0 aliphatic rings. The second-order valence-corrected chi connectivity index (χ2v) is 5.62. The fourth-order valence-electron chi connectivity index (χ4n) is 2.06. The van der Waals surface area contributed by atoms with Crippen LogP contribution in [0.25, 0.3) is 0 Å². The van der Waals surface area contributed by atoms with E-state index in [9.17, 15) is 13.6 Å². The van der Waals surface area contributed by atoms with Crippen molar-refractivity contribution in [2.24, 2.45) is 0 Å². The number of hydrogen-bond donors (Lipinski definition) is 2. The number of nitrogens with one attached hydrogen (secondary N) is 2. The fraction of sp³-hybridized carbons (Fsp3) is 0.235. The number of hydrogen-bond acceptors (Lipinski definition) is 2. The largest absolute Gasteiger partial charge is 0.351 e. The Morgan fingerprint density at radius 2 is 1.96 bits per heavy atom. The van der Waals surface area contributed by atoms with Gasteiger partial charge < -0.3 is 10.6 Å². The Morgan fingerprint density at radius 1 is 1.17 bits per heavy atom. The van der Waals surface area contributed by atoms with Crippen molar-refractivity contribution in [2.75, 3.05) is 6.54 Å². The van der Waals surface area contributed by atoms with Gasteiger partial charge in [0.15, 0.2) is 11.6 Å². The Kier molecular flexibility index (Phi) is 6.07. The highest BCUT2D eigenvalue weighted by Crippen LogP contribution is 2.15. The van der Waals surface area contributed by atoms with Gasteiger partial charge in [0.05, 0.1) is 6.54 Å². The Balaban J connectivity index is 1.80. The van der Waals surface area contributed by atoms with Crippen molar-refractivity contribution in [3.63, 3.8) is 0 Å². The highest BCUT2D eigenvalue weighted by molar-refractivity contribution is 6.30. The zero-order valence-electron chi connectivity index (χ0n) is 12.6. The summed E-state index contributed by atoms with van der Waals surface area (Å²) in [4.78, 5) is 11.8. The Bertz CT molecular complexity index is 694. The minimum atomic E-state index is -0.901. The van der Waals surface area contributed by atoms with Crippen LogP contribution in [0.4, 0.5) is 8.78 Å². The molecule has 0 fully saturated rings. The smallest absolute Gasteiger partial charge is 0.234 e. The number of benzene rings is 2. The zero-order chi connectivity index (χ0) is 16.8. The van der Waals surface area contributed by atoms with Gasteiger partial charge in [0.25, 0.3) is 0 Å². The second-order valence-electron chi connectivity index (χ2n) is 5.18. The lowest BCUT2D eigenvalue weighted by atomic mass is 10.1. The van der Waals surface area contributed by atoms with E-state index in [1.807, 2.05) is 12.1 Å². The van der Waals surface area contributed by atoms with Crippen molar-refractivity contribution >= 4 is 17.5 Å². The highest BCUT2D eigenvalue weighted by atomic mass is 35.5. The van der Waals surface area contributed by atoms with Crippen LogP contribution in [0.2, 0.25) is 5.02 Å². The average Bonchev–Trinajstić information content (AvgIpc) is 2.53. The summed E-state index contributed by atoms with van der Waals surface area (Å²) in [6.07, 6.45) is 0. The summed E-state index contributed by atoms with van der Waals surface area (Å²) in [6.45, 7) is 2.22. The van der Waals surface area contributed by atoms with Crippen molar-refractivity contribution in [1.29, 1.82) is 0 Å². The monoisotopic (exact) mass is 338 g/mol. The summed E-state index contributed by atoms with van der Waals surface area (Å²) < 4.78 is 26.1. The third-order valence-corrected chi connectivity index (χ3v) is 3.63. The predicted octanol–water partition coefficient (Wildman–Crippen LogP) is 3.59. The van der Waals surface area contributed by atoms with Gasteiger partial charge in [0, 0.05) is 17.6 Å². The standard InChI is InChI=1S/C17H17ClF2N2O/c1-11(13-5-6-15(19)16(20)8-13)21-10-17(23)22-9-12-3-2-4-14(18)7-12/h2-8,11,21H,9-10H2,1H3,(H,22,23)/t11-/m1/s1. The van der Waals surface area contributed by atoms with Gasteiger partial charge in [-0.3, -0.25) is 4.79 Å². The molecule has 0 heterocycles. The number of carbonyl (C=O) groups excluding carboxylic acids is 1. The van der Waals surface area contributed by atoms with E-state index in [1.165, 1.54) is 6.07 Å². The molecule has 2 N–H and O–H groups in total. The lowest BCUT2D eigenvalue weighted by Crippen LogP contribution is -2.34. The molecule has 0 radical (unpaired) electrons. The summed E-state index contributed by atoms with van der Waals surface area (Å²) >= 11 is 5.87. The first-order chi connectivity index (χ1) is 11.0. The van der Waals surface area contributed by atoms with Crippen LogP contribution in [0.1, 0.15) is 24.1 Å². The van der Waals surface area contributed by atoms with Crippen LogP contribution < -0.4 is 10.6 Å². The third kappa shape index (κ3) is 5.30. The molecular formula is C17H17ClF2N2O. The van der Waals surface area contributed by atoms with Crippen molar-refractivity contribution in [3.8, 4) is 0 Å². The van der Waals surface area contributed by atoms with Gasteiger partial charge in [0.2, 0.25) is 5.91 Å². The number of halogens is 3. The third-order valence-electron chi connectivity index (χ3n) is 3.39. The van der Waals surface area contributed by atoms with Gasteiger partial charge in [-0.25, -0.2) is 8.78 Å². The minimum Gasteiger partial charge on any atom is -0.351 e. The molecule has 0 unspecified atom stereocenters. The van der Waals surface area contributed by atoms with Crippen LogP contribution in [-0.2, 0) is 11.3 Å². The van der Waals surface area contributed by atoms with Crippen LogP contribution in [0.3, 0.4) is 0 Å². The molecule has 122 valence electrons. The van der Waals surface area contributed by atoms with Crippen LogP contribution in [0, 0.1) is 11.6 Å². The molecule has 0 spiro atoms. The summed E-state index contributed by atoms with van der Waals surface area (Å²) in [5, 5.41) is 6.34. The molecule has 2 aromatic carbocycles. The van der Waals surface area contributed by atoms with Crippen LogP contribution >= 0.6 is 11.6 Å². The summed E-state index contributed by atoms with van der Waals surface area (Å²) in [5.41, 5.74) is 1.48. The maximum Gasteiger partial charge on any atom is 0.234 e. The molecule has 23 heavy (non-hydrogen) atoms. The molecule has 3 nitrogen and oxygen atoms in total. The molecule has 0 saturated carbocycles. The molecule has 6 heteroatoms. The molecule has 0 aliphatic carbocycles. The average molecular weight is 339 g/mol.